The molecule has 0 aromatic carbocycles. The summed E-state index contributed by atoms with van der Waals surface area (Å²) in [4.78, 5) is 25.7. The number of likely N-dealkylation sites (tertiary alicyclic amines) is 1. The number of aliphatic hydroxyl groups is 1. The molecule has 2 rings (SSSR count). The Bertz CT molecular complexity index is 527. The van der Waals surface area contributed by atoms with Gasteiger partial charge in [0.2, 0.25) is 0 Å². The topological polar surface area (TPSA) is 75.4 Å². The molecule has 1 aromatic heterocycles. The maximum atomic E-state index is 12.4. The lowest BCUT2D eigenvalue weighted by atomic mass is 10.2. The van der Waals surface area contributed by atoms with Gasteiger partial charge in [0.15, 0.2) is 0 Å². The molecule has 0 aliphatic carbocycles. The molecule has 0 spiro atoms. The molecule has 20 heavy (non-hydrogen) atoms. The van der Waals surface area contributed by atoms with Gasteiger partial charge in [-0.3, -0.25) is 9.59 Å². The molecule has 6 nitrogen and oxygen atoms in total. The van der Waals surface area contributed by atoms with E-state index in [1.165, 1.54) is 16.8 Å². The van der Waals surface area contributed by atoms with Crippen LogP contribution in [0.2, 0.25) is 0 Å². The highest BCUT2D eigenvalue weighted by Gasteiger charge is 2.29. The minimum atomic E-state index is -0.202. The molecule has 2 heterocycles. The summed E-state index contributed by atoms with van der Waals surface area (Å²) >= 11 is 0. The quantitative estimate of drug-likeness (QED) is 0.858. The van der Waals surface area contributed by atoms with E-state index in [1.54, 1.807) is 4.90 Å². The lowest BCUT2D eigenvalue weighted by Gasteiger charge is -2.22. The highest BCUT2D eigenvalue weighted by molar-refractivity contribution is 5.92. The van der Waals surface area contributed by atoms with Crippen molar-refractivity contribution in [3.8, 4) is 0 Å². The lowest BCUT2D eigenvalue weighted by Crippen LogP contribution is -2.39. The standard InChI is InChI=1S/C14H21N3O3/c1-2-3-9-17-13(19)7-6-12(15-17)14(20)16-8-4-5-11(16)10-18/h6-7,11,18H,2-5,8-10H2,1H3/t11-/m0/s1. The van der Waals surface area contributed by atoms with Crippen molar-refractivity contribution in [2.24, 2.45) is 0 Å². The Hall–Kier alpha value is -1.69. The van der Waals surface area contributed by atoms with Crippen LogP contribution in [0.3, 0.4) is 0 Å². The number of carbonyl (C=O) groups excluding carboxylic acids is 1. The van der Waals surface area contributed by atoms with Crippen molar-refractivity contribution in [1.82, 2.24) is 14.7 Å². The van der Waals surface area contributed by atoms with E-state index in [4.69, 9.17) is 0 Å². The minimum absolute atomic E-state index is 0.0266. The summed E-state index contributed by atoms with van der Waals surface area (Å²) in [5.74, 6) is -0.202. The Labute approximate surface area is 118 Å². The summed E-state index contributed by atoms with van der Waals surface area (Å²) < 4.78 is 1.35. The molecule has 110 valence electrons. The van der Waals surface area contributed by atoms with Gasteiger partial charge in [0.05, 0.1) is 12.6 Å². The molecule has 1 saturated heterocycles. The molecule has 1 aliphatic rings. The molecule has 1 aliphatic heterocycles. The highest BCUT2D eigenvalue weighted by Crippen LogP contribution is 2.18. The molecular weight excluding hydrogens is 258 g/mol. The fourth-order valence-corrected chi connectivity index (χ4v) is 2.47. The second-order valence-corrected chi connectivity index (χ2v) is 5.11. The molecule has 0 unspecified atom stereocenters. The van der Waals surface area contributed by atoms with E-state index in [-0.39, 0.29) is 29.8 Å². The summed E-state index contributed by atoms with van der Waals surface area (Å²) in [5.41, 5.74) is 0.0937. The fraction of sp³-hybridized carbons (Fsp3) is 0.643. The molecule has 6 heteroatoms. The minimum Gasteiger partial charge on any atom is -0.394 e. The van der Waals surface area contributed by atoms with Crippen molar-refractivity contribution in [2.75, 3.05) is 13.2 Å². The number of aliphatic hydroxyl groups excluding tert-OH is 1. The van der Waals surface area contributed by atoms with Crippen LogP contribution < -0.4 is 5.56 Å². The van der Waals surface area contributed by atoms with Gasteiger partial charge < -0.3 is 10.0 Å². The first-order valence-electron chi connectivity index (χ1n) is 7.17. The second-order valence-electron chi connectivity index (χ2n) is 5.11. The predicted molar refractivity (Wildman–Crippen MR) is 74.5 cm³/mol. The van der Waals surface area contributed by atoms with Crippen LogP contribution in [0, 0.1) is 0 Å². The van der Waals surface area contributed by atoms with Crippen LogP contribution in [-0.2, 0) is 6.54 Å². The SMILES string of the molecule is CCCCn1nc(C(=O)N2CCC[C@H]2CO)ccc1=O. The molecule has 1 fully saturated rings. The number of amides is 1. The van der Waals surface area contributed by atoms with E-state index in [1.807, 2.05) is 6.92 Å². The second kappa shape index (κ2) is 6.65. The highest BCUT2D eigenvalue weighted by atomic mass is 16.3. The third-order valence-corrected chi connectivity index (χ3v) is 3.66. The van der Waals surface area contributed by atoms with E-state index in [9.17, 15) is 14.7 Å². The monoisotopic (exact) mass is 279 g/mol. The number of aryl methyl sites for hydroxylation is 1. The smallest absolute Gasteiger partial charge is 0.274 e. The van der Waals surface area contributed by atoms with Crippen molar-refractivity contribution >= 4 is 5.91 Å². The molecule has 1 aromatic rings. The van der Waals surface area contributed by atoms with Crippen LogP contribution in [0.25, 0.3) is 0 Å². The van der Waals surface area contributed by atoms with Crippen molar-refractivity contribution in [2.45, 2.75) is 45.2 Å². The zero-order valence-corrected chi connectivity index (χ0v) is 11.8. The number of hydrogen-bond donors (Lipinski definition) is 1. The third-order valence-electron chi connectivity index (χ3n) is 3.66. The molecule has 1 N–H and O–H groups in total. The maximum Gasteiger partial charge on any atom is 0.274 e. The van der Waals surface area contributed by atoms with Crippen molar-refractivity contribution in [1.29, 1.82) is 0 Å². The summed E-state index contributed by atoms with van der Waals surface area (Å²) in [6, 6.07) is 2.74. The Morgan fingerprint density at radius 3 is 3.00 bits per heavy atom. The number of aromatic nitrogens is 2. The third kappa shape index (κ3) is 3.07. The number of rotatable bonds is 5. The van der Waals surface area contributed by atoms with Crippen LogP contribution in [0.1, 0.15) is 43.1 Å². The summed E-state index contributed by atoms with van der Waals surface area (Å²) in [7, 11) is 0. The number of carbonyl (C=O) groups is 1. The summed E-state index contributed by atoms with van der Waals surface area (Å²) in [5, 5.41) is 13.4. The van der Waals surface area contributed by atoms with Crippen LogP contribution in [0.4, 0.5) is 0 Å². The Kier molecular flexibility index (Phi) is 4.89. The summed E-state index contributed by atoms with van der Waals surface area (Å²) in [6.45, 7) is 3.18. The van der Waals surface area contributed by atoms with Crippen LogP contribution in [0.5, 0.6) is 0 Å². The van der Waals surface area contributed by atoms with Gasteiger partial charge in [-0.25, -0.2) is 4.68 Å². The van der Waals surface area contributed by atoms with Crippen molar-refractivity contribution in [3.63, 3.8) is 0 Å². The molecule has 0 bridgehead atoms. The molecular formula is C14H21N3O3. The average molecular weight is 279 g/mol. The number of hydrogen-bond acceptors (Lipinski definition) is 4. The van der Waals surface area contributed by atoms with E-state index in [0.29, 0.717) is 13.1 Å². The van der Waals surface area contributed by atoms with E-state index < -0.39 is 0 Å². The molecule has 0 saturated carbocycles. The molecule has 0 radical (unpaired) electrons. The fourth-order valence-electron chi connectivity index (χ4n) is 2.47. The van der Waals surface area contributed by atoms with Crippen LogP contribution in [0.15, 0.2) is 16.9 Å². The van der Waals surface area contributed by atoms with Gasteiger partial charge in [0, 0.05) is 19.2 Å². The van der Waals surface area contributed by atoms with E-state index in [0.717, 1.165) is 25.7 Å². The zero-order chi connectivity index (χ0) is 14.5. The van der Waals surface area contributed by atoms with Gasteiger partial charge in [0.25, 0.3) is 11.5 Å². The van der Waals surface area contributed by atoms with Gasteiger partial charge in [-0.1, -0.05) is 13.3 Å². The molecule has 1 amide bonds. The van der Waals surface area contributed by atoms with Crippen molar-refractivity contribution in [3.05, 3.63) is 28.2 Å². The Morgan fingerprint density at radius 2 is 2.30 bits per heavy atom. The first-order valence-corrected chi connectivity index (χ1v) is 7.17. The Morgan fingerprint density at radius 1 is 1.50 bits per heavy atom. The van der Waals surface area contributed by atoms with Gasteiger partial charge >= 0.3 is 0 Å². The predicted octanol–water partition coefficient (Wildman–Crippen LogP) is 0.640. The van der Waals surface area contributed by atoms with Crippen molar-refractivity contribution < 1.29 is 9.90 Å². The first kappa shape index (κ1) is 14.7. The van der Waals surface area contributed by atoms with E-state index in [2.05, 4.69) is 5.10 Å². The molecule has 1 atom stereocenters. The lowest BCUT2D eigenvalue weighted by molar-refractivity contribution is 0.0669. The van der Waals surface area contributed by atoms with Crippen LogP contribution >= 0.6 is 0 Å². The van der Waals surface area contributed by atoms with Gasteiger partial charge in [-0.2, -0.15) is 5.10 Å². The van der Waals surface area contributed by atoms with Gasteiger partial charge in [-0.15, -0.1) is 0 Å². The maximum absolute atomic E-state index is 12.4. The van der Waals surface area contributed by atoms with Gasteiger partial charge in [-0.05, 0) is 25.3 Å². The largest absolute Gasteiger partial charge is 0.394 e. The van der Waals surface area contributed by atoms with Crippen LogP contribution in [-0.4, -0.2) is 44.9 Å². The average Bonchev–Trinajstić information content (AvgIpc) is 2.94. The normalized spacial score (nSPS) is 18.5. The first-order chi connectivity index (χ1) is 9.67. The van der Waals surface area contributed by atoms with E-state index >= 15 is 0 Å². The summed E-state index contributed by atoms with van der Waals surface area (Å²) in [6.07, 6.45) is 3.53. The Balaban J connectivity index is 2.19. The zero-order valence-electron chi connectivity index (χ0n) is 11.8. The van der Waals surface area contributed by atoms with Gasteiger partial charge in [0.1, 0.15) is 5.69 Å². The number of nitrogens with zero attached hydrogens (tertiary/aromatic N) is 3. The number of unbranched alkanes of at least 4 members (excludes halogenated alkanes) is 1.